The molecule has 0 radical (unpaired) electrons. The van der Waals surface area contributed by atoms with Crippen LogP contribution in [0.5, 0.6) is 0 Å². The largest absolute Gasteiger partial charge is 0.291 e. The van der Waals surface area contributed by atoms with Crippen molar-refractivity contribution < 1.29 is 9.59 Å². The third-order valence-electron chi connectivity index (χ3n) is 2.43. The van der Waals surface area contributed by atoms with Crippen molar-refractivity contribution in [2.45, 2.75) is 13.8 Å². The fourth-order valence-electron chi connectivity index (χ4n) is 1.44. The van der Waals surface area contributed by atoms with Gasteiger partial charge in [0, 0.05) is 11.4 Å². The molecule has 0 aromatic carbocycles. The van der Waals surface area contributed by atoms with Crippen molar-refractivity contribution >= 4 is 24.2 Å². The summed E-state index contributed by atoms with van der Waals surface area (Å²) in [7, 11) is 0. The number of rotatable bonds is 5. The monoisotopic (exact) mass is 302 g/mol. The van der Waals surface area contributed by atoms with Gasteiger partial charge in [-0.1, -0.05) is 0 Å². The van der Waals surface area contributed by atoms with Crippen LogP contribution in [0.25, 0.3) is 0 Å². The number of amides is 2. The standard InChI is InChI=1S/C12H14N8O2/c1-7-5-9(17-15-7)11(21)19-13-3-4-14-20-12(22)10-6-8(2)16-18-10/h3-6H,1-2H3,(H,15,17)(H,16,18)(H,19,21)(H,20,22). The smallest absolute Gasteiger partial charge is 0.282 e. The van der Waals surface area contributed by atoms with Crippen LogP contribution in [0.1, 0.15) is 32.4 Å². The highest BCUT2D eigenvalue weighted by Crippen LogP contribution is 1.97. The molecule has 0 unspecified atom stereocenters. The van der Waals surface area contributed by atoms with Crippen molar-refractivity contribution in [3.05, 3.63) is 34.9 Å². The lowest BCUT2D eigenvalue weighted by atomic mass is 10.4. The van der Waals surface area contributed by atoms with Gasteiger partial charge in [0.2, 0.25) is 0 Å². The van der Waals surface area contributed by atoms with E-state index in [9.17, 15) is 9.59 Å². The maximum Gasteiger partial charge on any atom is 0.291 e. The molecule has 0 saturated heterocycles. The number of hydrazone groups is 2. The molecular weight excluding hydrogens is 288 g/mol. The molecule has 22 heavy (non-hydrogen) atoms. The number of aromatic nitrogens is 4. The summed E-state index contributed by atoms with van der Waals surface area (Å²) in [5.41, 5.74) is 6.53. The lowest BCUT2D eigenvalue weighted by Gasteiger charge is -1.93. The van der Waals surface area contributed by atoms with E-state index in [4.69, 9.17) is 0 Å². The van der Waals surface area contributed by atoms with Crippen molar-refractivity contribution in [2.24, 2.45) is 10.2 Å². The maximum absolute atomic E-state index is 11.6. The summed E-state index contributed by atoms with van der Waals surface area (Å²) < 4.78 is 0. The van der Waals surface area contributed by atoms with Gasteiger partial charge in [-0.25, -0.2) is 10.9 Å². The molecule has 0 aliphatic heterocycles. The van der Waals surface area contributed by atoms with Crippen LogP contribution in [0.15, 0.2) is 22.3 Å². The number of hydrogen-bond donors (Lipinski definition) is 4. The van der Waals surface area contributed by atoms with Crippen LogP contribution in [0.2, 0.25) is 0 Å². The number of nitrogens with zero attached hydrogens (tertiary/aromatic N) is 4. The molecule has 0 saturated carbocycles. The Hall–Kier alpha value is -3.30. The predicted molar refractivity (Wildman–Crippen MR) is 78.6 cm³/mol. The highest BCUT2D eigenvalue weighted by atomic mass is 16.2. The van der Waals surface area contributed by atoms with E-state index >= 15 is 0 Å². The van der Waals surface area contributed by atoms with Gasteiger partial charge in [0.25, 0.3) is 11.8 Å². The number of hydrogen-bond acceptors (Lipinski definition) is 6. The van der Waals surface area contributed by atoms with Crippen LogP contribution in [0, 0.1) is 13.8 Å². The minimum atomic E-state index is -0.454. The molecule has 2 rings (SSSR count). The van der Waals surface area contributed by atoms with Gasteiger partial charge in [-0.2, -0.15) is 20.4 Å². The van der Waals surface area contributed by atoms with E-state index in [0.717, 1.165) is 11.4 Å². The second kappa shape index (κ2) is 6.92. The summed E-state index contributed by atoms with van der Waals surface area (Å²) in [4.78, 5) is 23.1. The molecule has 0 aliphatic carbocycles. The predicted octanol–water partition coefficient (Wildman–Crippen LogP) is -0.119. The minimum Gasteiger partial charge on any atom is -0.282 e. The molecule has 0 aliphatic rings. The Balaban J connectivity index is 1.75. The van der Waals surface area contributed by atoms with Crippen LogP contribution in [-0.4, -0.2) is 44.6 Å². The van der Waals surface area contributed by atoms with Gasteiger partial charge in [0.05, 0.1) is 12.4 Å². The molecule has 0 bridgehead atoms. The van der Waals surface area contributed by atoms with E-state index in [1.165, 1.54) is 12.4 Å². The van der Waals surface area contributed by atoms with Gasteiger partial charge >= 0.3 is 0 Å². The van der Waals surface area contributed by atoms with E-state index < -0.39 is 11.8 Å². The SMILES string of the molecule is Cc1cc(C(=O)NN=CC=NNC(=O)c2cc(C)[nH]n2)n[nH]1. The Kier molecular flexibility index (Phi) is 4.75. The zero-order chi connectivity index (χ0) is 15.9. The van der Waals surface area contributed by atoms with Crippen LogP contribution in [0.4, 0.5) is 0 Å². The second-order valence-electron chi connectivity index (χ2n) is 4.31. The van der Waals surface area contributed by atoms with Crippen molar-refractivity contribution in [3.8, 4) is 0 Å². The maximum atomic E-state index is 11.6. The minimum absolute atomic E-state index is 0.230. The lowest BCUT2D eigenvalue weighted by molar-refractivity contribution is 0.0941. The van der Waals surface area contributed by atoms with Crippen molar-refractivity contribution in [1.82, 2.24) is 31.2 Å². The topological polar surface area (TPSA) is 140 Å². The Bertz CT molecular complexity index is 665. The molecule has 0 spiro atoms. The number of carbonyl (C=O) groups is 2. The van der Waals surface area contributed by atoms with Crippen LogP contribution < -0.4 is 10.9 Å². The van der Waals surface area contributed by atoms with Crippen molar-refractivity contribution in [3.63, 3.8) is 0 Å². The highest BCUT2D eigenvalue weighted by Gasteiger charge is 2.07. The summed E-state index contributed by atoms with van der Waals surface area (Å²) in [6, 6.07) is 3.18. The molecule has 2 aromatic heterocycles. The summed E-state index contributed by atoms with van der Waals surface area (Å²) in [5.74, 6) is -0.907. The third-order valence-corrected chi connectivity index (χ3v) is 2.43. The molecule has 2 amide bonds. The number of carbonyl (C=O) groups excluding carboxylic acids is 2. The fourth-order valence-corrected chi connectivity index (χ4v) is 1.44. The first kappa shape index (κ1) is 15.1. The van der Waals surface area contributed by atoms with E-state index in [1.807, 2.05) is 0 Å². The van der Waals surface area contributed by atoms with Crippen molar-refractivity contribution in [2.75, 3.05) is 0 Å². The number of aryl methyl sites for hydroxylation is 2. The first-order chi connectivity index (χ1) is 10.6. The van der Waals surface area contributed by atoms with Gasteiger partial charge in [-0.15, -0.1) is 0 Å². The number of nitrogens with one attached hydrogen (secondary N) is 4. The summed E-state index contributed by atoms with van der Waals surface area (Å²) in [5, 5.41) is 20.1. The normalized spacial score (nSPS) is 11.2. The summed E-state index contributed by atoms with van der Waals surface area (Å²) in [6.45, 7) is 3.56. The average Bonchev–Trinajstić information content (AvgIpc) is 3.11. The zero-order valence-electron chi connectivity index (χ0n) is 11.9. The Morgan fingerprint density at radius 1 is 0.955 bits per heavy atom. The first-order valence-electron chi connectivity index (χ1n) is 6.25. The molecule has 0 fully saturated rings. The van der Waals surface area contributed by atoms with E-state index in [-0.39, 0.29) is 11.4 Å². The highest BCUT2D eigenvalue weighted by molar-refractivity contribution is 6.16. The van der Waals surface area contributed by atoms with Gasteiger partial charge in [-0.3, -0.25) is 19.8 Å². The van der Waals surface area contributed by atoms with E-state index in [0.29, 0.717) is 0 Å². The molecule has 2 heterocycles. The lowest BCUT2D eigenvalue weighted by Crippen LogP contribution is -2.19. The second-order valence-corrected chi connectivity index (χ2v) is 4.31. The molecule has 4 N–H and O–H groups in total. The van der Waals surface area contributed by atoms with Crippen molar-refractivity contribution in [1.29, 1.82) is 0 Å². The van der Waals surface area contributed by atoms with E-state index in [1.54, 1.807) is 26.0 Å². The molecule has 114 valence electrons. The summed E-state index contributed by atoms with van der Waals surface area (Å²) in [6.07, 6.45) is 2.43. The van der Waals surface area contributed by atoms with Gasteiger partial charge in [-0.05, 0) is 26.0 Å². The molecular formula is C12H14N8O2. The van der Waals surface area contributed by atoms with Crippen LogP contribution in [0.3, 0.4) is 0 Å². The molecule has 10 nitrogen and oxygen atoms in total. The number of H-pyrrole nitrogens is 2. The molecule has 10 heteroatoms. The Morgan fingerprint density at radius 3 is 1.68 bits per heavy atom. The quantitative estimate of drug-likeness (QED) is 0.451. The number of aromatic amines is 2. The molecule has 2 aromatic rings. The third kappa shape index (κ3) is 4.10. The van der Waals surface area contributed by atoms with Gasteiger partial charge in [0.15, 0.2) is 11.4 Å². The van der Waals surface area contributed by atoms with Crippen LogP contribution >= 0.6 is 0 Å². The summed E-state index contributed by atoms with van der Waals surface area (Å²) >= 11 is 0. The zero-order valence-corrected chi connectivity index (χ0v) is 11.9. The fraction of sp³-hybridized carbons (Fsp3) is 0.167. The molecule has 0 atom stereocenters. The first-order valence-corrected chi connectivity index (χ1v) is 6.25. The average molecular weight is 302 g/mol. The van der Waals surface area contributed by atoms with E-state index in [2.05, 4.69) is 41.4 Å². The van der Waals surface area contributed by atoms with Gasteiger partial charge < -0.3 is 0 Å². The Labute approximate surface area is 125 Å². The Morgan fingerprint density at radius 2 is 1.36 bits per heavy atom. The van der Waals surface area contributed by atoms with Crippen LogP contribution in [-0.2, 0) is 0 Å². The van der Waals surface area contributed by atoms with Gasteiger partial charge in [0.1, 0.15) is 0 Å².